The van der Waals surface area contributed by atoms with E-state index in [-0.39, 0.29) is 154 Å². The van der Waals surface area contributed by atoms with Crippen LogP contribution in [-0.4, -0.2) is 297 Å². The van der Waals surface area contributed by atoms with Crippen LogP contribution >= 0.6 is 11.8 Å². The SMILES string of the molecule is [B][C@@H](CC)CC(COC(C)C)COC(C)C.[B][C@@H](CC)OC(F)(COC(C)C)COC(C)C.[B][C@@H](CC)O[C@@H](CNC(C)C)COC(C)C.[B][C@@H](CC)O[C@H](CCC(C)C)COC(C)C.[B][C@@H](CC)S(=O)(=O)C(COC(C)C)COC(C)C.[B][C@@H](CC)SC(COC(C)C)COC(C)C.[B][C@@](F)(CC)OC(COC(C)C)COC(C)C. The van der Waals surface area contributed by atoms with E-state index in [1.54, 1.807) is 25.6 Å². The van der Waals surface area contributed by atoms with Gasteiger partial charge in [-0.15, -0.1) is 0 Å². The predicted molar refractivity (Wildman–Crippen MR) is 491 cm³/mol. The molecule has 0 bridgehead atoms. The van der Waals surface area contributed by atoms with Crippen LogP contribution in [0.4, 0.5) is 8.78 Å². The Hall–Kier alpha value is -0.0655. The van der Waals surface area contributed by atoms with Crippen molar-refractivity contribution in [2.75, 3.05) is 85.8 Å². The van der Waals surface area contributed by atoms with Gasteiger partial charge in [0.15, 0.2) is 23.4 Å². The van der Waals surface area contributed by atoms with Gasteiger partial charge < -0.3 is 81.1 Å². The second-order valence-electron chi connectivity index (χ2n) is 33.4. The molecule has 0 unspecified atom stereocenters. The van der Waals surface area contributed by atoms with Crippen LogP contribution in [0.2, 0.25) is 5.82 Å². The predicted octanol–water partition coefficient (Wildman–Crippen LogP) is 17.3. The van der Waals surface area contributed by atoms with E-state index >= 15 is 0 Å². The van der Waals surface area contributed by atoms with Crippen molar-refractivity contribution in [3.05, 3.63) is 0 Å². The Labute approximate surface area is 728 Å². The lowest BCUT2D eigenvalue weighted by Gasteiger charge is -2.30. The zero-order valence-electron chi connectivity index (χ0n) is 80.7. The lowest BCUT2D eigenvalue weighted by Crippen LogP contribution is -2.42. The number of sulfone groups is 1. The molecule has 0 aliphatic carbocycles. The average Bonchev–Trinajstić information content (AvgIpc) is 0.840. The summed E-state index contributed by atoms with van der Waals surface area (Å²) >= 11 is 1.76. The first-order chi connectivity index (χ1) is 53.6. The van der Waals surface area contributed by atoms with E-state index in [0.717, 1.165) is 64.7 Å². The van der Waals surface area contributed by atoms with E-state index in [0.29, 0.717) is 62.4 Å². The summed E-state index contributed by atoms with van der Waals surface area (Å²) in [7, 11) is 36.7. The molecule has 19 nitrogen and oxygen atoms in total. The van der Waals surface area contributed by atoms with Crippen LogP contribution in [0.15, 0.2) is 0 Å². The maximum absolute atomic E-state index is 14.4. The van der Waals surface area contributed by atoms with E-state index in [1.165, 1.54) is 0 Å². The monoisotopic (exact) mass is 1690 g/mol. The summed E-state index contributed by atoms with van der Waals surface area (Å²) in [6, 6.07) is -0.558. The van der Waals surface area contributed by atoms with Crippen LogP contribution in [-0.2, 0) is 85.6 Å². The third-order valence-corrected chi connectivity index (χ3v) is 19.4. The van der Waals surface area contributed by atoms with Gasteiger partial charge in [-0.1, -0.05) is 101 Å². The Morgan fingerprint density at radius 1 is 0.371 bits per heavy atom. The molecule has 0 spiro atoms. The highest BCUT2D eigenvalue weighted by molar-refractivity contribution is 8.01. The van der Waals surface area contributed by atoms with E-state index < -0.39 is 44.0 Å². The first kappa shape index (κ1) is 129. The van der Waals surface area contributed by atoms with Gasteiger partial charge in [-0.25, -0.2) is 17.2 Å². The van der Waals surface area contributed by atoms with Crippen molar-refractivity contribution in [2.45, 2.75) is 460 Å². The normalized spacial score (nSPS) is 14.9. The second kappa shape index (κ2) is 79.6. The average molecular weight is 1690 g/mol. The van der Waals surface area contributed by atoms with Crippen molar-refractivity contribution in [1.29, 1.82) is 0 Å². The van der Waals surface area contributed by atoms with Crippen molar-refractivity contribution < 1.29 is 93.0 Å². The van der Waals surface area contributed by atoms with Gasteiger partial charge in [0.05, 0.1) is 180 Å². The fourth-order valence-corrected chi connectivity index (χ4v) is 11.0. The number of hydrogen-bond acceptors (Lipinski definition) is 20. The number of nitrogens with one attached hydrogen (secondary N) is 1. The van der Waals surface area contributed by atoms with E-state index in [9.17, 15) is 17.2 Å². The highest BCUT2D eigenvalue weighted by Gasteiger charge is 2.35. The largest absolute Gasteiger partial charge is 0.382 e. The smallest absolute Gasteiger partial charge is 0.255 e. The number of halogens is 2. The van der Waals surface area contributed by atoms with Crippen molar-refractivity contribution in [2.24, 2.45) is 11.8 Å². The molecule has 0 aliphatic rings. The quantitative estimate of drug-likeness (QED) is 0.0564. The maximum Gasteiger partial charge on any atom is 0.255 e. The molecule has 0 saturated heterocycles. The lowest BCUT2D eigenvalue weighted by atomic mass is 9.78. The molecule has 9 atom stereocenters. The summed E-state index contributed by atoms with van der Waals surface area (Å²) in [5.74, 6) is -2.73. The molecule has 0 aromatic heterocycles. The minimum atomic E-state index is -3.41. The van der Waals surface area contributed by atoms with E-state index in [4.69, 9.17) is 131 Å². The molecule has 1 N–H and O–H groups in total. The van der Waals surface area contributed by atoms with Gasteiger partial charge in [0.25, 0.3) is 5.85 Å². The van der Waals surface area contributed by atoms with E-state index in [1.807, 2.05) is 159 Å². The molecular weight excluding hydrogens is 1510 g/mol. The number of rotatable bonds is 63. The van der Waals surface area contributed by atoms with Gasteiger partial charge in [-0.3, -0.25) is 0 Å². The molecule has 682 valence electrons. The Kier molecular flexibility index (Phi) is 88.5. The summed E-state index contributed by atoms with van der Waals surface area (Å²) in [6.07, 6.45) is 9.04. The Morgan fingerprint density at radius 3 is 1.01 bits per heavy atom. The van der Waals surface area contributed by atoms with Crippen LogP contribution in [0.5, 0.6) is 0 Å². The molecule has 0 amide bonds. The third-order valence-electron chi connectivity index (χ3n) is 15.7. The van der Waals surface area contributed by atoms with Gasteiger partial charge >= 0.3 is 0 Å². The Morgan fingerprint density at radius 2 is 0.698 bits per heavy atom. The van der Waals surface area contributed by atoms with Gasteiger partial charge in [0.1, 0.15) is 48.1 Å². The molecule has 0 aromatic carbocycles. The van der Waals surface area contributed by atoms with Crippen molar-refractivity contribution in [1.82, 2.24) is 5.32 Å². The minimum absolute atomic E-state index is 0.0143. The molecule has 0 fully saturated rings. The molecule has 0 aliphatic heterocycles. The first-order valence-electron chi connectivity index (χ1n) is 43.9. The molecule has 14 radical (unpaired) electrons. The molecule has 0 aromatic rings. The number of hydrogen-bond donors (Lipinski definition) is 1. The van der Waals surface area contributed by atoms with Crippen LogP contribution in [0, 0.1) is 11.8 Å². The summed E-state index contributed by atoms with van der Waals surface area (Å²) in [5, 5.41) is 2.30. The zero-order valence-corrected chi connectivity index (χ0v) is 82.4. The summed E-state index contributed by atoms with van der Waals surface area (Å²) in [6.45, 7) is 74.5. The molecule has 0 heterocycles. The first-order valence-corrected chi connectivity index (χ1v) is 46.5. The van der Waals surface area contributed by atoms with Crippen LogP contribution in [0.3, 0.4) is 0 Å². The van der Waals surface area contributed by atoms with Crippen LogP contribution in [0.1, 0.15) is 307 Å². The van der Waals surface area contributed by atoms with Gasteiger partial charge in [0, 0.05) is 41.7 Å². The highest BCUT2D eigenvalue weighted by atomic mass is 32.2. The zero-order chi connectivity index (χ0) is 91.5. The number of thioether (sulfide) groups is 1. The molecule has 0 rings (SSSR count). The summed E-state index contributed by atoms with van der Waals surface area (Å²) in [5.41, 5.74) is 0. The highest BCUT2D eigenvalue weighted by Crippen LogP contribution is 2.24. The molecule has 0 saturated carbocycles. The second-order valence-corrected chi connectivity index (χ2v) is 37.4. The van der Waals surface area contributed by atoms with Crippen LogP contribution in [0.25, 0.3) is 0 Å². The maximum atomic E-state index is 14.4. The standard InChI is InChI=1S/2C13H27BO2.2C12H24BFO3.C12H26BNO2.C12H25BO4S.C12H25BO2S/c1-6-13(14)7-12(8-15-10(2)3)9-16-11(4)5;1-6-13(14)16-12(8-7-10(2)3)9-15-11(4)5;1-6-12(13,14)17-11(7-15-9(2)3)8-16-10(4)5;1-6-11(13)17-12(14,7-15-9(2)3)8-16-10(4)5;1-6-12(13)16-11(7-14-9(2)3)8-15-10(4)5;1-6-12(13)18(14,15)11(7-16-9(2)3)8-17-10(4)5;1-6-12(13)16-11(7-14-9(2)3)8-15-10(4)5/h2*10-13H,6-9H2,1-5H3;2*9-11H,6-8H2,1-5H3;9-12,14H,6-8H2,1-5H3;9-12H,6-8H2,1-5H3;9-12H,6-8H2,1-5H3/t13-;12-,13-;12-;11-;11-,12+;2*12-/m0111011/s1. The van der Waals surface area contributed by atoms with Crippen LogP contribution < -0.4 is 5.32 Å². The molecular formula is C86H178B7F2NO18S2. The molecule has 30 heteroatoms. The fourth-order valence-electron chi connectivity index (χ4n) is 8.45. The Balaban J connectivity index is -0.000000239. The van der Waals surface area contributed by atoms with Crippen molar-refractivity contribution in [3.63, 3.8) is 0 Å². The van der Waals surface area contributed by atoms with E-state index in [2.05, 4.69) is 74.6 Å². The number of alkyl halides is 2. The summed E-state index contributed by atoms with van der Waals surface area (Å²) in [4.78, 5) is 0. The lowest BCUT2D eigenvalue weighted by molar-refractivity contribution is -0.229. The molecule has 116 heavy (non-hydrogen) atoms. The van der Waals surface area contributed by atoms with Crippen molar-refractivity contribution in [3.8, 4) is 0 Å². The fraction of sp³-hybridized carbons (Fsp3) is 1.00. The topological polar surface area (TPSA) is 194 Å². The number of ether oxygens (including phenoxy) is 16. The summed E-state index contributed by atoms with van der Waals surface area (Å²) < 4.78 is 140. The van der Waals surface area contributed by atoms with Gasteiger partial charge in [0.2, 0.25) is 0 Å². The van der Waals surface area contributed by atoms with Gasteiger partial charge in [-0.05, 0) is 222 Å². The minimum Gasteiger partial charge on any atom is -0.382 e. The van der Waals surface area contributed by atoms with Gasteiger partial charge in [-0.2, -0.15) is 11.8 Å². The third kappa shape index (κ3) is 93.1. The van der Waals surface area contributed by atoms with Crippen molar-refractivity contribution >= 4 is 76.5 Å². The Bertz CT molecular complexity index is 1960.